The van der Waals surface area contributed by atoms with Crippen molar-refractivity contribution in [1.29, 1.82) is 0 Å². The van der Waals surface area contributed by atoms with Crippen molar-refractivity contribution in [1.82, 2.24) is 16.0 Å². The first-order chi connectivity index (χ1) is 10.5. The van der Waals surface area contributed by atoms with E-state index in [1.807, 2.05) is 13.8 Å². The van der Waals surface area contributed by atoms with Gasteiger partial charge in [0.2, 0.25) is 5.91 Å². The molecule has 6 heteroatoms. The third-order valence-corrected chi connectivity index (χ3v) is 4.15. The molecule has 22 heavy (non-hydrogen) atoms. The maximum atomic E-state index is 11.8. The molecular formula is C16H32N4O2. The van der Waals surface area contributed by atoms with Crippen LogP contribution in [0.5, 0.6) is 0 Å². The van der Waals surface area contributed by atoms with Gasteiger partial charge in [-0.3, -0.25) is 9.79 Å². The summed E-state index contributed by atoms with van der Waals surface area (Å²) in [5.74, 6) is 1.48. The Balaban J connectivity index is 2.12. The van der Waals surface area contributed by atoms with Crippen LogP contribution in [0.25, 0.3) is 0 Å². The smallest absolute Gasteiger partial charge is 0.220 e. The number of ether oxygens (including phenoxy) is 1. The fourth-order valence-electron chi connectivity index (χ4n) is 2.52. The lowest BCUT2D eigenvalue weighted by Crippen LogP contribution is -2.46. The molecule has 0 aromatic heterocycles. The van der Waals surface area contributed by atoms with Crippen LogP contribution in [0.3, 0.4) is 0 Å². The van der Waals surface area contributed by atoms with Gasteiger partial charge in [-0.1, -0.05) is 12.8 Å². The summed E-state index contributed by atoms with van der Waals surface area (Å²) in [6.45, 7) is 5.95. The molecule has 0 aromatic carbocycles. The van der Waals surface area contributed by atoms with E-state index in [1.54, 1.807) is 14.2 Å². The van der Waals surface area contributed by atoms with Gasteiger partial charge in [0, 0.05) is 40.2 Å². The van der Waals surface area contributed by atoms with Crippen molar-refractivity contribution in [3.63, 3.8) is 0 Å². The Morgan fingerprint density at radius 2 is 1.82 bits per heavy atom. The maximum absolute atomic E-state index is 11.8. The van der Waals surface area contributed by atoms with Gasteiger partial charge in [-0.15, -0.1) is 0 Å². The monoisotopic (exact) mass is 312 g/mol. The molecule has 1 saturated carbocycles. The average Bonchev–Trinajstić information content (AvgIpc) is 2.99. The molecule has 0 aliphatic heterocycles. The Morgan fingerprint density at radius 3 is 2.41 bits per heavy atom. The van der Waals surface area contributed by atoms with E-state index in [4.69, 9.17) is 4.74 Å². The summed E-state index contributed by atoms with van der Waals surface area (Å²) < 4.78 is 5.35. The van der Waals surface area contributed by atoms with E-state index < -0.39 is 0 Å². The van der Waals surface area contributed by atoms with Gasteiger partial charge in [-0.05, 0) is 32.6 Å². The molecule has 0 unspecified atom stereocenters. The molecule has 1 aliphatic carbocycles. The lowest BCUT2D eigenvalue weighted by molar-refractivity contribution is -0.121. The molecule has 6 nitrogen and oxygen atoms in total. The van der Waals surface area contributed by atoms with Gasteiger partial charge in [-0.2, -0.15) is 0 Å². The Labute approximate surface area is 134 Å². The van der Waals surface area contributed by atoms with Crippen LogP contribution in [-0.2, 0) is 9.53 Å². The van der Waals surface area contributed by atoms with Gasteiger partial charge in [-0.25, -0.2) is 0 Å². The molecule has 0 aromatic rings. The molecular weight excluding hydrogens is 280 g/mol. The number of nitrogens with zero attached hydrogens (tertiary/aromatic N) is 1. The van der Waals surface area contributed by atoms with Gasteiger partial charge in [0.15, 0.2) is 5.96 Å². The number of methoxy groups -OCH3 is 1. The zero-order valence-electron chi connectivity index (χ0n) is 14.5. The molecule has 3 N–H and O–H groups in total. The predicted molar refractivity (Wildman–Crippen MR) is 90.0 cm³/mol. The van der Waals surface area contributed by atoms with Crippen molar-refractivity contribution in [2.24, 2.45) is 10.9 Å². The SMILES string of the molecule is CN=C(NCCNC(=O)CC1CCCC1)NCC(C)(C)OC. The Kier molecular flexibility index (Phi) is 8.24. The first-order valence-corrected chi connectivity index (χ1v) is 8.23. The number of hydrogen-bond donors (Lipinski definition) is 3. The van der Waals surface area contributed by atoms with Crippen LogP contribution in [-0.4, -0.2) is 51.3 Å². The standard InChI is InChI=1S/C16H32N4O2/c1-16(2,22-4)12-20-15(17-3)19-10-9-18-14(21)11-13-7-5-6-8-13/h13H,5-12H2,1-4H3,(H,18,21)(H2,17,19,20). The summed E-state index contributed by atoms with van der Waals surface area (Å²) in [4.78, 5) is 16.0. The molecule has 0 heterocycles. The van der Waals surface area contributed by atoms with Crippen LogP contribution >= 0.6 is 0 Å². The van der Waals surface area contributed by atoms with E-state index >= 15 is 0 Å². The van der Waals surface area contributed by atoms with Gasteiger partial charge in [0.05, 0.1) is 5.60 Å². The van der Waals surface area contributed by atoms with Gasteiger partial charge >= 0.3 is 0 Å². The van der Waals surface area contributed by atoms with Crippen molar-refractivity contribution in [2.75, 3.05) is 33.8 Å². The highest BCUT2D eigenvalue weighted by Gasteiger charge is 2.18. The summed E-state index contributed by atoms with van der Waals surface area (Å²) in [6.07, 6.45) is 5.64. The summed E-state index contributed by atoms with van der Waals surface area (Å²) in [5.41, 5.74) is -0.243. The number of guanidine groups is 1. The molecule has 128 valence electrons. The molecule has 0 radical (unpaired) electrons. The minimum Gasteiger partial charge on any atom is -0.377 e. The molecule has 1 amide bonds. The molecule has 0 bridgehead atoms. The van der Waals surface area contributed by atoms with E-state index in [-0.39, 0.29) is 11.5 Å². The maximum Gasteiger partial charge on any atom is 0.220 e. The van der Waals surface area contributed by atoms with Crippen LogP contribution in [0.4, 0.5) is 0 Å². The summed E-state index contributed by atoms with van der Waals surface area (Å²) >= 11 is 0. The highest BCUT2D eigenvalue weighted by atomic mass is 16.5. The zero-order chi connectivity index (χ0) is 16.4. The van der Waals surface area contributed by atoms with E-state index in [0.717, 1.165) is 5.96 Å². The molecule has 1 rings (SSSR count). The second kappa shape index (κ2) is 9.66. The molecule has 0 saturated heterocycles. The van der Waals surface area contributed by atoms with Crippen LogP contribution in [0.1, 0.15) is 46.0 Å². The Morgan fingerprint density at radius 1 is 1.18 bits per heavy atom. The largest absolute Gasteiger partial charge is 0.377 e. The van der Waals surface area contributed by atoms with Crippen LogP contribution < -0.4 is 16.0 Å². The molecule has 1 aliphatic rings. The fraction of sp³-hybridized carbons (Fsp3) is 0.875. The molecule has 0 atom stereocenters. The zero-order valence-corrected chi connectivity index (χ0v) is 14.5. The summed E-state index contributed by atoms with van der Waals surface area (Å²) in [6, 6.07) is 0. The van der Waals surface area contributed by atoms with Crippen molar-refractivity contribution in [3.05, 3.63) is 0 Å². The predicted octanol–water partition coefficient (Wildman–Crippen LogP) is 1.27. The third kappa shape index (κ3) is 7.64. The number of amides is 1. The van der Waals surface area contributed by atoms with Gasteiger partial charge in [0.25, 0.3) is 0 Å². The lowest BCUT2D eigenvalue weighted by atomic mass is 10.0. The first kappa shape index (κ1) is 18.7. The minimum absolute atomic E-state index is 0.164. The number of hydrogen-bond acceptors (Lipinski definition) is 3. The molecule has 0 spiro atoms. The van der Waals surface area contributed by atoms with Crippen LogP contribution in [0.2, 0.25) is 0 Å². The van der Waals surface area contributed by atoms with Crippen LogP contribution in [0, 0.1) is 5.92 Å². The highest BCUT2D eigenvalue weighted by Crippen LogP contribution is 2.27. The first-order valence-electron chi connectivity index (χ1n) is 8.23. The van der Waals surface area contributed by atoms with Crippen molar-refractivity contribution < 1.29 is 9.53 Å². The number of nitrogens with one attached hydrogen (secondary N) is 3. The number of aliphatic imine (C=N–C) groups is 1. The lowest BCUT2D eigenvalue weighted by Gasteiger charge is -2.24. The van der Waals surface area contributed by atoms with E-state index in [9.17, 15) is 4.79 Å². The normalized spacial score (nSPS) is 16.6. The third-order valence-electron chi connectivity index (χ3n) is 4.15. The van der Waals surface area contributed by atoms with E-state index in [0.29, 0.717) is 32.0 Å². The van der Waals surface area contributed by atoms with Gasteiger partial charge < -0.3 is 20.7 Å². The quantitative estimate of drug-likeness (QED) is 0.358. The second-order valence-corrected chi connectivity index (χ2v) is 6.52. The number of rotatable bonds is 8. The van der Waals surface area contributed by atoms with E-state index in [1.165, 1.54) is 25.7 Å². The van der Waals surface area contributed by atoms with Crippen molar-refractivity contribution in [3.8, 4) is 0 Å². The van der Waals surface area contributed by atoms with Crippen molar-refractivity contribution in [2.45, 2.75) is 51.6 Å². The summed E-state index contributed by atoms with van der Waals surface area (Å²) in [7, 11) is 3.42. The van der Waals surface area contributed by atoms with E-state index in [2.05, 4.69) is 20.9 Å². The van der Waals surface area contributed by atoms with Gasteiger partial charge in [0.1, 0.15) is 0 Å². The number of carbonyl (C=O) groups is 1. The fourth-order valence-corrected chi connectivity index (χ4v) is 2.52. The number of carbonyl (C=O) groups excluding carboxylic acids is 1. The Bertz CT molecular complexity index is 363. The average molecular weight is 312 g/mol. The minimum atomic E-state index is -0.243. The van der Waals surface area contributed by atoms with Crippen molar-refractivity contribution >= 4 is 11.9 Å². The Hall–Kier alpha value is -1.30. The second-order valence-electron chi connectivity index (χ2n) is 6.52. The summed E-state index contributed by atoms with van der Waals surface area (Å²) in [5, 5.41) is 9.36. The van der Waals surface area contributed by atoms with Crippen LogP contribution in [0.15, 0.2) is 4.99 Å². The highest BCUT2D eigenvalue weighted by molar-refractivity contribution is 5.80. The molecule has 1 fully saturated rings. The topological polar surface area (TPSA) is 74.8 Å².